The van der Waals surface area contributed by atoms with Gasteiger partial charge in [0, 0.05) is 20.2 Å². The zero-order valence-electron chi connectivity index (χ0n) is 9.62. The normalized spacial score (nSPS) is 21.1. The number of likely N-dealkylation sites (N-methyl/N-ethyl adjacent to an activating group) is 1. The minimum atomic E-state index is -0.937. The van der Waals surface area contributed by atoms with Crippen molar-refractivity contribution < 1.29 is 9.53 Å². The molecule has 1 saturated heterocycles. The molecule has 1 fully saturated rings. The first-order valence-electron chi connectivity index (χ1n) is 5.26. The van der Waals surface area contributed by atoms with E-state index >= 15 is 0 Å². The lowest BCUT2D eigenvalue weighted by Gasteiger charge is -2.26. The van der Waals surface area contributed by atoms with E-state index in [2.05, 4.69) is 0 Å². The highest BCUT2D eigenvalue weighted by Crippen LogP contribution is 2.19. The van der Waals surface area contributed by atoms with Gasteiger partial charge in [0.1, 0.15) is 5.41 Å². The smallest absolute Gasteiger partial charge is 0.242 e. The monoisotopic (exact) mass is 210 g/mol. The fourth-order valence-corrected chi connectivity index (χ4v) is 1.70. The minimum Gasteiger partial charge on any atom is -0.376 e. The Bertz CT molecular complexity index is 275. The van der Waals surface area contributed by atoms with E-state index in [0.717, 1.165) is 19.4 Å². The molecule has 0 aromatic carbocycles. The zero-order valence-corrected chi connectivity index (χ0v) is 9.62. The first kappa shape index (κ1) is 12.0. The largest absolute Gasteiger partial charge is 0.376 e. The molecule has 0 saturated carbocycles. The number of hydrogen-bond acceptors (Lipinski definition) is 3. The van der Waals surface area contributed by atoms with Crippen molar-refractivity contribution in [2.75, 3.05) is 20.2 Å². The molecule has 0 spiro atoms. The van der Waals surface area contributed by atoms with E-state index in [9.17, 15) is 4.79 Å². The van der Waals surface area contributed by atoms with Crippen molar-refractivity contribution in [2.45, 2.75) is 32.8 Å². The highest BCUT2D eigenvalue weighted by molar-refractivity contribution is 5.84. The molecular formula is C11H18N2O2. The SMILES string of the molecule is CN(CC1CCCO1)C(=O)C(C)(C)C#N. The fourth-order valence-electron chi connectivity index (χ4n) is 1.70. The highest BCUT2D eigenvalue weighted by atomic mass is 16.5. The standard InChI is InChI=1S/C11H18N2O2/c1-11(2,8-12)10(14)13(3)7-9-5-4-6-15-9/h9H,4-7H2,1-3H3. The van der Waals surface area contributed by atoms with E-state index < -0.39 is 5.41 Å². The molecule has 84 valence electrons. The van der Waals surface area contributed by atoms with Gasteiger partial charge in [-0.05, 0) is 26.7 Å². The molecule has 0 aromatic rings. The Morgan fingerprint density at radius 2 is 2.33 bits per heavy atom. The maximum Gasteiger partial charge on any atom is 0.242 e. The van der Waals surface area contributed by atoms with Gasteiger partial charge in [-0.15, -0.1) is 0 Å². The number of amides is 1. The molecule has 15 heavy (non-hydrogen) atoms. The van der Waals surface area contributed by atoms with Gasteiger partial charge in [0.15, 0.2) is 0 Å². The molecule has 4 heteroatoms. The second-order valence-electron chi connectivity index (χ2n) is 4.56. The lowest BCUT2D eigenvalue weighted by atomic mass is 9.94. The van der Waals surface area contributed by atoms with E-state index in [-0.39, 0.29) is 12.0 Å². The van der Waals surface area contributed by atoms with E-state index in [1.165, 1.54) is 0 Å². The fraction of sp³-hybridized carbons (Fsp3) is 0.818. The molecule has 1 amide bonds. The summed E-state index contributed by atoms with van der Waals surface area (Å²) in [6.07, 6.45) is 2.22. The van der Waals surface area contributed by atoms with Gasteiger partial charge in [0.25, 0.3) is 0 Å². The molecule has 1 atom stereocenters. The van der Waals surface area contributed by atoms with E-state index in [0.29, 0.717) is 6.54 Å². The number of carbonyl (C=O) groups is 1. The van der Waals surface area contributed by atoms with Crippen LogP contribution in [-0.2, 0) is 9.53 Å². The summed E-state index contributed by atoms with van der Waals surface area (Å²) in [5.74, 6) is -0.138. The van der Waals surface area contributed by atoms with E-state index in [1.54, 1.807) is 25.8 Å². The number of hydrogen-bond donors (Lipinski definition) is 0. The molecule has 0 aliphatic carbocycles. The molecule has 4 nitrogen and oxygen atoms in total. The third-order valence-electron chi connectivity index (χ3n) is 2.66. The maximum absolute atomic E-state index is 11.8. The zero-order chi connectivity index (χ0) is 11.5. The second kappa shape index (κ2) is 4.63. The van der Waals surface area contributed by atoms with E-state index in [4.69, 9.17) is 10.00 Å². The van der Waals surface area contributed by atoms with Crippen LogP contribution in [0.2, 0.25) is 0 Å². The molecule has 1 heterocycles. The van der Waals surface area contributed by atoms with Gasteiger partial charge in [-0.1, -0.05) is 0 Å². The minimum absolute atomic E-state index is 0.138. The van der Waals surface area contributed by atoms with Crippen molar-refractivity contribution in [1.29, 1.82) is 5.26 Å². The van der Waals surface area contributed by atoms with Crippen molar-refractivity contribution in [2.24, 2.45) is 5.41 Å². The summed E-state index contributed by atoms with van der Waals surface area (Å²) in [5, 5.41) is 8.85. The summed E-state index contributed by atoms with van der Waals surface area (Å²) < 4.78 is 5.44. The Balaban J connectivity index is 2.49. The summed E-state index contributed by atoms with van der Waals surface area (Å²) in [6, 6.07) is 2.01. The Kier molecular flexibility index (Phi) is 3.70. The molecule has 0 N–H and O–H groups in total. The molecular weight excluding hydrogens is 192 g/mol. The summed E-state index contributed by atoms with van der Waals surface area (Å²) >= 11 is 0. The van der Waals surface area contributed by atoms with Crippen LogP contribution in [0.3, 0.4) is 0 Å². The van der Waals surface area contributed by atoms with Gasteiger partial charge >= 0.3 is 0 Å². The van der Waals surface area contributed by atoms with Gasteiger partial charge < -0.3 is 9.64 Å². The molecule has 1 aliphatic heterocycles. The Morgan fingerprint density at radius 1 is 1.67 bits per heavy atom. The van der Waals surface area contributed by atoms with Gasteiger partial charge in [0.05, 0.1) is 12.2 Å². The summed E-state index contributed by atoms with van der Waals surface area (Å²) in [6.45, 7) is 4.65. The topological polar surface area (TPSA) is 53.3 Å². The first-order chi connectivity index (χ1) is 6.97. The quantitative estimate of drug-likeness (QED) is 0.702. The van der Waals surface area contributed by atoms with Gasteiger partial charge in [-0.25, -0.2) is 0 Å². The van der Waals surface area contributed by atoms with Crippen molar-refractivity contribution in [1.82, 2.24) is 4.90 Å². The van der Waals surface area contributed by atoms with E-state index in [1.807, 2.05) is 6.07 Å². The van der Waals surface area contributed by atoms with Crippen molar-refractivity contribution in [3.05, 3.63) is 0 Å². The van der Waals surface area contributed by atoms with Crippen LogP contribution < -0.4 is 0 Å². The second-order valence-corrected chi connectivity index (χ2v) is 4.56. The number of rotatable bonds is 3. The Morgan fingerprint density at radius 3 is 2.80 bits per heavy atom. The van der Waals surface area contributed by atoms with Crippen LogP contribution in [-0.4, -0.2) is 37.1 Å². The van der Waals surface area contributed by atoms with Gasteiger partial charge in [-0.2, -0.15) is 5.26 Å². The predicted molar refractivity (Wildman–Crippen MR) is 56.0 cm³/mol. The number of ether oxygens (including phenoxy) is 1. The highest BCUT2D eigenvalue weighted by Gasteiger charge is 2.31. The molecule has 1 rings (SSSR count). The average molecular weight is 210 g/mol. The van der Waals surface area contributed by atoms with Crippen molar-refractivity contribution in [3.8, 4) is 6.07 Å². The van der Waals surface area contributed by atoms with Crippen LogP contribution in [0.1, 0.15) is 26.7 Å². The Labute approximate surface area is 90.8 Å². The van der Waals surface area contributed by atoms with Gasteiger partial charge in [0.2, 0.25) is 5.91 Å². The van der Waals surface area contributed by atoms with Crippen LogP contribution in [0.15, 0.2) is 0 Å². The van der Waals surface area contributed by atoms with Crippen LogP contribution in [0, 0.1) is 16.7 Å². The average Bonchev–Trinajstić information content (AvgIpc) is 2.69. The van der Waals surface area contributed by atoms with Crippen LogP contribution in [0.25, 0.3) is 0 Å². The third-order valence-corrected chi connectivity index (χ3v) is 2.66. The molecule has 0 aromatic heterocycles. The first-order valence-corrected chi connectivity index (χ1v) is 5.26. The number of carbonyl (C=O) groups excluding carboxylic acids is 1. The molecule has 0 radical (unpaired) electrons. The Hall–Kier alpha value is -1.08. The summed E-state index contributed by atoms with van der Waals surface area (Å²) in [4.78, 5) is 13.4. The van der Waals surface area contributed by atoms with Crippen molar-refractivity contribution in [3.63, 3.8) is 0 Å². The number of nitrogens with zero attached hydrogens (tertiary/aromatic N) is 2. The predicted octanol–water partition coefficient (Wildman–Crippen LogP) is 1.17. The lowest BCUT2D eigenvalue weighted by Crippen LogP contribution is -2.41. The third kappa shape index (κ3) is 2.93. The van der Waals surface area contributed by atoms with Crippen LogP contribution in [0.5, 0.6) is 0 Å². The summed E-state index contributed by atoms with van der Waals surface area (Å²) in [5.41, 5.74) is -0.937. The number of nitriles is 1. The van der Waals surface area contributed by atoms with Crippen LogP contribution >= 0.6 is 0 Å². The van der Waals surface area contributed by atoms with Crippen molar-refractivity contribution >= 4 is 5.91 Å². The maximum atomic E-state index is 11.8. The van der Waals surface area contributed by atoms with Gasteiger partial charge in [-0.3, -0.25) is 4.79 Å². The van der Waals surface area contributed by atoms with Crippen LogP contribution in [0.4, 0.5) is 0 Å². The molecule has 0 bridgehead atoms. The summed E-state index contributed by atoms with van der Waals surface area (Å²) in [7, 11) is 1.73. The lowest BCUT2D eigenvalue weighted by molar-refractivity contribution is -0.137. The molecule has 1 aliphatic rings. The molecule has 1 unspecified atom stereocenters.